The van der Waals surface area contributed by atoms with Gasteiger partial charge in [-0.3, -0.25) is 9.36 Å². The molecule has 4 aromatic carbocycles. The predicted octanol–water partition coefficient (Wildman–Crippen LogP) is 8.68. The van der Waals surface area contributed by atoms with Gasteiger partial charge in [0, 0.05) is 24.8 Å². The van der Waals surface area contributed by atoms with Crippen LogP contribution < -0.4 is 14.8 Å². The van der Waals surface area contributed by atoms with Crippen LogP contribution in [0.15, 0.2) is 122 Å². The number of ether oxygens (including phenoxy) is 5. The summed E-state index contributed by atoms with van der Waals surface area (Å²) >= 11 is 0. The van der Waals surface area contributed by atoms with Crippen LogP contribution in [0.3, 0.4) is 0 Å². The van der Waals surface area contributed by atoms with E-state index in [1.165, 1.54) is 6.33 Å². The van der Waals surface area contributed by atoms with E-state index in [0.717, 1.165) is 16.7 Å². The molecule has 3 heterocycles. The Morgan fingerprint density at radius 1 is 0.828 bits per heavy atom. The van der Waals surface area contributed by atoms with Crippen molar-refractivity contribution in [2.75, 3.05) is 39.9 Å². The van der Waals surface area contributed by atoms with Crippen LogP contribution in [-0.4, -0.2) is 95.0 Å². The molecule has 15 nitrogen and oxygen atoms in total. The number of nitrogens with one attached hydrogen (secondary N) is 1. The minimum absolute atomic E-state index is 0.00129. The van der Waals surface area contributed by atoms with E-state index < -0.39 is 38.7 Å². The summed E-state index contributed by atoms with van der Waals surface area (Å²) in [4.78, 5) is 26.9. The lowest BCUT2D eigenvalue weighted by Crippen LogP contribution is -2.42. The number of anilines is 1. The van der Waals surface area contributed by atoms with Crippen LogP contribution in [0.5, 0.6) is 11.5 Å². The highest BCUT2D eigenvalue weighted by molar-refractivity contribution is 7.44. The monoisotopic (exact) mass is 887 g/mol. The summed E-state index contributed by atoms with van der Waals surface area (Å²) in [5, 5.41) is 12.4. The van der Waals surface area contributed by atoms with Gasteiger partial charge in [0.25, 0.3) is 14.4 Å². The molecular formula is C48H54N7O8P. The fourth-order valence-corrected chi connectivity index (χ4v) is 9.79. The second-order valence-electron chi connectivity index (χ2n) is 15.6. The normalized spacial score (nSPS) is 18.1. The van der Waals surface area contributed by atoms with Crippen molar-refractivity contribution in [3.05, 3.63) is 144 Å². The van der Waals surface area contributed by atoms with Crippen LogP contribution >= 0.6 is 8.53 Å². The highest BCUT2D eigenvalue weighted by atomic mass is 31.2. The number of rotatable bonds is 20. The highest BCUT2D eigenvalue weighted by Gasteiger charge is 2.51. The Morgan fingerprint density at radius 2 is 1.42 bits per heavy atom. The number of hydrogen-bond donors (Lipinski definition) is 1. The molecule has 1 fully saturated rings. The van der Waals surface area contributed by atoms with Crippen molar-refractivity contribution < 1.29 is 37.5 Å². The zero-order valence-corrected chi connectivity index (χ0v) is 37.9. The first-order valence-electron chi connectivity index (χ1n) is 21.1. The number of aromatic nitrogens is 4. The van der Waals surface area contributed by atoms with E-state index >= 15 is 0 Å². The fraction of sp³-hybridized carbons (Fsp3) is 0.354. The summed E-state index contributed by atoms with van der Waals surface area (Å²) < 4.78 is 49.5. The van der Waals surface area contributed by atoms with Gasteiger partial charge in [-0.2, -0.15) is 5.26 Å². The van der Waals surface area contributed by atoms with E-state index in [4.69, 9.17) is 32.7 Å². The first-order valence-corrected chi connectivity index (χ1v) is 22.2. The van der Waals surface area contributed by atoms with Gasteiger partial charge in [0.05, 0.1) is 46.3 Å². The lowest BCUT2D eigenvalue weighted by atomic mass is 9.80. The molecule has 0 aliphatic carbocycles. The third kappa shape index (κ3) is 9.79. The summed E-state index contributed by atoms with van der Waals surface area (Å²) in [6.07, 6.45) is -0.0342. The van der Waals surface area contributed by atoms with E-state index in [9.17, 15) is 10.1 Å². The molecule has 0 spiro atoms. The van der Waals surface area contributed by atoms with Gasteiger partial charge >= 0.3 is 0 Å². The maximum absolute atomic E-state index is 13.3. The van der Waals surface area contributed by atoms with E-state index in [0.29, 0.717) is 28.2 Å². The number of methoxy groups -OCH3 is 3. The van der Waals surface area contributed by atoms with Crippen LogP contribution in [-0.2, 0) is 28.9 Å². The molecule has 6 aromatic rings. The van der Waals surface area contributed by atoms with Gasteiger partial charge in [-0.1, -0.05) is 72.8 Å². The Kier molecular flexibility index (Phi) is 15.3. The van der Waals surface area contributed by atoms with Gasteiger partial charge in [-0.15, -0.1) is 0 Å². The van der Waals surface area contributed by atoms with Gasteiger partial charge in [0.2, 0.25) is 0 Å². The smallest absolute Gasteiger partial charge is 0.259 e. The maximum Gasteiger partial charge on any atom is 0.259 e. The van der Waals surface area contributed by atoms with E-state index in [1.807, 2.05) is 84.9 Å². The fourth-order valence-electron chi connectivity index (χ4n) is 8.02. The summed E-state index contributed by atoms with van der Waals surface area (Å²) in [5.41, 5.74) is 2.61. The van der Waals surface area contributed by atoms with Crippen molar-refractivity contribution in [2.45, 2.75) is 76.3 Å². The summed E-state index contributed by atoms with van der Waals surface area (Å²) in [6.45, 7) is 8.49. The number of carbonyl (C=O) groups is 1. The molecule has 0 radical (unpaired) electrons. The molecular weight excluding hydrogens is 834 g/mol. The van der Waals surface area contributed by atoms with E-state index in [1.54, 1.807) is 56.5 Å². The Hall–Kier alpha value is -5.82. The molecule has 5 atom stereocenters. The molecule has 1 saturated heterocycles. The van der Waals surface area contributed by atoms with Gasteiger partial charge in [0.15, 0.2) is 23.2 Å². The Balaban J connectivity index is 1.33. The first kappa shape index (κ1) is 46.2. The molecule has 16 heteroatoms. The SMILES string of the molecule is COc1ccc(C(OCC2OC(n3cnc4c(NC(=O)c5ccccc5)ncnc43)C(OC)[C@H]2OP(OCCC#N)N(C(C)C)C(C)C)(c2ccccc2)c2ccc(OC)cc2)cc1. The molecule has 1 aliphatic rings. The number of imidazole rings is 1. The molecule has 1 N–H and O–H groups in total. The standard InChI is InChI=1S/C48H54N7O8P/c1-32(2)55(33(3)4)64(61-28-14-27-49)63-42-40(62-47(43(42)59-7)54-31-52-41-44(50-30-51-45(41)54)53-46(56)34-15-10-8-11-16-34)29-60-48(35-17-12-9-13-18-35,36-19-23-38(57-5)24-20-36)37-21-25-39(58-6)26-22-37/h8-13,15-26,30-33,40,42-43,47H,14,28-29H2,1-7H3,(H,50,51,53,56)/t40?,42-,43?,47?,64?/m0/s1. The van der Waals surface area contributed by atoms with E-state index in [2.05, 4.69) is 58.7 Å². The zero-order valence-electron chi connectivity index (χ0n) is 37.0. The van der Waals surface area contributed by atoms with Crippen LogP contribution in [0.1, 0.15) is 67.4 Å². The molecule has 1 amide bonds. The highest BCUT2D eigenvalue weighted by Crippen LogP contribution is 2.51. The lowest BCUT2D eigenvalue weighted by Gasteiger charge is -2.39. The van der Waals surface area contributed by atoms with Gasteiger partial charge in [-0.05, 0) is 80.8 Å². The summed E-state index contributed by atoms with van der Waals surface area (Å²) in [6, 6.07) is 36.7. The van der Waals surface area contributed by atoms with Crippen molar-refractivity contribution in [2.24, 2.45) is 0 Å². The second-order valence-corrected chi connectivity index (χ2v) is 17.0. The van der Waals surface area contributed by atoms with Crippen LogP contribution in [0.2, 0.25) is 0 Å². The number of hydrogen-bond acceptors (Lipinski definition) is 13. The van der Waals surface area contributed by atoms with Gasteiger partial charge < -0.3 is 38.0 Å². The van der Waals surface area contributed by atoms with Crippen LogP contribution in [0.4, 0.5) is 5.82 Å². The minimum atomic E-state index is -1.77. The van der Waals surface area contributed by atoms with Crippen molar-refractivity contribution in [3.63, 3.8) is 0 Å². The van der Waals surface area contributed by atoms with Crippen LogP contribution in [0, 0.1) is 11.3 Å². The summed E-state index contributed by atoms with van der Waals surface area (Å²) in [5.74, 6) is 1.29. The number of fused-ring (bicyclic) bond motifs is 1. The topological polar surface area (TPSA) is 164 Å². The molecule has 0 saturated carbocycles. The van der Waals surface area contributed by atoms with Crippen molar-refractivity contribution in [1.29, 1.82) is 5.26 Å². The van der Waals surface area contributed by atoms with Crippen molar-refractivity contribution in [3.8, 4) is 17.6 Å². The molecule has 0 bridgehead atoms. The predicted molar refractivity (Wildman–Crippen MR) is 243 cm³/mol. The third-order valence-corrected chi connectivity index (χ3v) is 13.1. The largest absolute Gasteiger partial charge is 0.497 e. The average molecular weight is 888 g/mol. The molecule has 4 unspecified atom stereocenters. The molecule has 2 aromatic heterocycles. The molecule has 1 aliphatic heterocycles. The number of amides is 1. The number of nitriles is 1. The summed E-state index contributed by atoms with van der Waals surface area (Å²) in [7, 11) is 3.10. The van der Waals surface area contributed by atoms with Crippen molar-refractivity contribution >= 4 is 31.4 Å². The third-order valence-electron chi connectivity index (χ3n) is 11.0. The lowest BCUT2D eigenvalue weighted by molar-refractivity contribution is -0.0938. The van der Waals surface area contributed by atoms with Crippen molar-refractivity contribution in [1.82, 2.24) is 24.2 Å². The first-order chi connectivity index (χ1) is 31.1. The number of carbonyl (C=O) groups excluding carboxylic acids is 1. The Labute approximate surface area is 375 Å². The van der Waals surface area contributed by atoms with Gasteiger partial charge in [-0.25, -0.2) is 19.6 Å². The zero-order chi connectivity index (χ0) is 45.2. The number of benzene rings is 4. The Bertz CT molecular complexity index is 2410. The van der Waals surface area contributed by atoms with E-state index in [-0.39, 0.29) is 43.4 Å². The molecule has 7 rings (SSSR count). The van der Waals surface area contributed by atoms with Gasteiger partial charge in [0.1, 0.15) is 41.7 Å². The maximum atomic E-state index is 13.3. The minimum Gasteiger partial charge on any atom is -0.497 e. The average Bonchev–Trinajstić information content (AvgIpc) is 3.91. The Morgan fingerprint density at radius 3 is 1.98 bits per heavy atom. The quantitative estimate of drug-likeness (QED) is 0.0440. The second kappa shape index (κ2) is 21.2. The number of nitrogens with zero attached hydrogens (tertiary/aromatic N) is 6. The molecule has 334 valence electrons. The molecule has 64 heavy (non-hydrogen) atoms. The van der Waals surface area contributed by atoms with Crippen LogP contribution in [0.25, 0.3) is 11.2 Å².